The van der Waals surface area contributed by atoms with Gasteiger partial charge in [0.2, 0.25) is 0 Å². The Morgan fingerprint density at radius 1 is 1.17 bits per heavy atom. The van der Waals surface area contributed by atoms with Crippen molar-refractivity contribution in [2.75, 3.05) is 6.54 Å². The van der Waals surface area contributed by atoms with Crippen LogP contribution in [0.15, 0.2) is 49.1 Å². The Labute approximate surface area is 140 Å². The third kappa shape index (κ3) is 2.79. The third-order valence-electron chi connectivity index (χ3n) is 4.80. The molecule has 3 aromatic rings. The van der Waals surface area contributed by atoms with E-state index in [0.717, 1.165) is 37.9 Å². The largest absolute Gasteiger partial charge is 0.335 e. The fraction of sp³-hybridized carbons (Fsp3) is 0.389. The van der Waals surface area contributed by atoms with Crippen molar-refractivity contribution in [1.29, 1.82) is 0 Å². The van der Waals surface area contributed by atoms with Crippen LogP contribution in [-0.2, 0) is 6.54 Å². The van der Waals surface area contributed by atoms with Crippen molar-refractivity contribution >= 4 is 11.4 Å². The summed E-state index contributed by atoms with van der Waals surface area (Å²) in [5, 5.41) is 8.56. The van der Waals surface area contributed by atoms with E-state index in [9.17, 15) is 4.79 Å². The first-order valence-electron chi connectivity index (χ1n) is 8.54. The van der Waals surface area contributed by atoms with Crippen LogP contribution in [0, 0.1) is 0 Å². The van der Waals surface area contributed by atoms with Gasteiger partial charge in [-0.1, -0.05) is 6.07 Å². The molecule has 1 aliphatic rings. The standard InChI is InChI=1S/C18H21N5O/c24-18(16-14-20-23-12-4-2-7-17(16)23)22-11-3-1-6-15(22)8-13-21-10-5-9-19-21/h2,4-5,7,9-10,12,14-15H,1,3,6,8,11,13H2/t15-/m0/s1. The second-order valence-corrected chi connectivity index (χ2v) is 6.29. The molecule has 3 aromatic heterocycles. The summed E-state index contributed by atoms with van der Waals surface area (Å²) >= 11 is 0. The maximum absolute atomic E-state index is 13.1. The van der Waals surface area contributed by atoms with Crippen LogP contribution in [0.2, 0.25) is 0 Å². The lowest BCUT2D eigenvalue weighted by Gasteiger charge is -2.35. The number of hydrogen-bond donors (Lipinski definition) is 0. The quantitative estimate of drug-likeness (QED) is 0.741. The summed E-state index contributed by atoms with van der Waals surface area (Å²) in [6, 6.07) is 8.02. The highest BCUT2D eigenvalue weighted by Crippen LogP contribution is 2.24. The van der Waals surface area contributed by atoms with Gasteiger partial charge in [0.25, 0.3) is 5.91 Å². The molecule has 1 aliphatic heterocycles. The molecular weight excluding hydrogens is 302 g/mol. The summed E-state index contributed by atoms with van der Waals surface area (Å²) in [7, 11) is 0. The van der Waals surface area contributed by atoms with E-state index in [4.69, 9.17) is 0 Å². The number of pyridine rings is 1. The number of piperidine rings is 1. The normalized spacial score (nSPS) is 18.2. The van der Waals surface area contributed by atoms with Crippen molar-refractivity contribution < 1.29 is 4.79 Å². The van der Waals surface area contributed by atoms with Gasteiger partial charge in [-0.15, -0.1) is 0 Å². The molecule has 6 nitrogen and oxygen atoms in total. The Morgan fingerprint density at radius 3 is 3.00 bits per heavy atom. The minimum atomic E-state index is 0.0985. The van der Waals surface area contributed by atoms with E-state index in [1.165, 1.54) is 6.42 Å². The number of carbonyl (C=O) groups excluding carboxylic acids is 1. The Bertz CT molecular complexity index is 823. The van der Waals surface area contributed by atoms with Crippen LogP contribution in [0.25, 0.3) is 5.52 Å². The number of hydrogen-bond acceptors (Lipinski definition) is 3. The number of aryl methyl sites for hydroxylation is 1. The highest BCUT2D eigenvalue weighted by atomic mass is 16.2. The van der Waals surface area contributed by atoms with Gasteiger partial charge in [-0.2, -0.15) is 10.2 Å². The molecule has 1 atom stereocenters. The van der Waals surface area contributed by atoms with E-state index in [1.54, 1.807) is 16.9 Å². The summed E-state index contributed by atoms with van der Waals surface area (Å²) in [5.41, 5.74) is 1.57. The molecule has 0 aliphatic carbocycles. The fourth-order valence-electron chi connectivity index (χ4n) is 3.54. The number of amides is 1. The zero-order valence-corrected chi connectivity index (χ0v) is 13.6. The van der Waals surface area contributed by atoms with E-state index < -0.39 is 0 Å². The molecule has 4 heterocycles. The van der Waals surface area contributed by atoms with Crippen LogP contribution in [0.4, 0.5) is 0 Å². The molecule has 24 heavy (non-hydrogen) atoms. The van der Waals surface area contributed by atoms with Crippen molar-refractivity contribution in [3.8, 4) is 0 Å². The Morgan fingerprint density at radius 2 is 2.12 bits per heavy atom. The summed E-state index contributed by atoms with van der Waals surface area (Å²) in [6.07, 6.45) is 11.6. The molecule has 0 radical (unpaired) electrons. The van der Waals surface area contributed by atoms with Crippen LogP contribution in [0.3, 0.4) is 0 Å². The highest BCUT2D eigenvalue weighted by molar-refractivity contribution is 6.00. The Kier molecular flexibility index (Phi) is 4.02. The number of aromatic nitrogens is 4. The van der Waals surface area contributed by atoms with E-state index in [0.29, 0.717) is 5.56 Å². The summed E-state index contributed by atoms with van der Waals surface area (Å²) in [5.74, 6) is 0.0985. The van der Waals surface area contributed by atoms with Crippen molar-refractivity contribution in [3.05, 3.63) is 54.6 Å². The first-order valence-corrected chi connectivity index (χ1v) is 8.54. The van der Waals surface area contributed by atoms with Crippen molar-refractivity contribution in [1.82, 2.24) is 24.3 Å². The number of fused-ring (bicyclic) bond motifs is 1. The molecule has 0 saturated carbocycles. The monoisotopic (exact) mass is 323 g/mol. The predicted molar refractivity (Wildman–Crippen MR) is 90.7 cm³/mol. The average molecular weight is 323 g/mol. The lowest BCUT2D eigenvalue weighted by molar-refractivity contribution is 0.0596. The number of carbonyl (C=O) groups is 1. The van der Waals surface area contributed by atoms with E-state index in [2.05, 4.69) is 10.2 Å². The van der Waals surface area contributed by atoms with Crippen molar-refractivity contribution in [3.63, 3.8) is 0 Å². The molecule has 1 saturated heterocycles. The first-order chi connectivity index (χ1) is 11.8. The smallest absolute Gasteiger partial charge is 0.257 e. The van der Waals surface area contributed by atoms with Gasteiger partial charge < -0.3 is 4.90 Å². The van der Waals surface area contributed by atoms with Crippen molar-refractivity contribution in [2.24, 2.45) is 0 Å². The molecule has 0 N–H and O–H groups in total. The number of nitrogens with zero attached hydrogens (tertiary/aromatic N) is 5. The molecule has 6 heteroatoms. The highest BCUT2D eigenvalue weighted by Gasteiger charge is 2.28. The maximum atomic E-state index is 13.1. The molecule has 124 valence electrons. The van der Waals surface area contributed by atoms with Crippen LogP contribution >= 0.6 is 0 Å². The number of likely N-dealkylation sites (tertiary alicyclic amines) is 1. The molecule has 0 aromatic carbocycles. The summed E-state index contributed by atoms with van der Waals surface area (Å²) < 4.78 is 3.70. The van der Waals surface area contributed by atoms with Gasteiger partial charge in [0.1, 0.15) is 0 Å². The SMILES string of the molecule is O=C(c1cnn2ccccc12)N1CCCC[C@H]1CCn1cccn1. The van der Waals surface area contributed by atoms with Crippen LogP contribution in [0.5, 0.6) is 0 Å². The second kappa shape index (κ2) is 6.47. The molecular formula is C18H21N5O. The summed E-state index contributed by atoms with van der Waals surface area (Å²) in [4.78, 5) is 15.1. The Hall–Kier alpha value is -2.63. The van der Waals surface area contributed by atoms with Crippen LogP contribution in [0.1, 0.15) is 36.0 Å². The van der Waals surface area contributed by atoms with E-state index >= 15 is 0 Å². The molecule has 4 rings (SSSR count). The first kappa shape index (κ1) is 14.9. The van der Waals surface area contributed by atoms with Gasteiger partial charge in [0.05, 0.1) is 17.3 Å². The third-order valence-corrected chi connectivity index (χ3v) is 4.80. The second-order valence-electron chi connectivity index (χ2n) is 6.29. The molecule has 0 bridgehead atoms. The summed E-state index contributed by atoms with van der Waals surface area (Å²) in [6.45, 7) is 1.67. The predicted octanol–water partition coefficient (Wildman–Crippen LogP) is 2.62. The minimum absolute atomic E-state index is 0.0985. The lowest BCUT2D eigenvalue weighted by atomic mass is 9.98. The maximum Gasteiger partial charge on any atom is 0.257 e. The Balaban J connectivity index is 1.54. The topological polar surface area (TPSA) is 55.4 Å². The number of rotatable bonds is 4. The molecule has 0 unspecified atom stereocenters. The van der Waals surface area contributed by atoms with Gasteiger partial charge in [0, 0.05) is 37.7 Å². The zero-order chi connectivity index (χ0) is 16.4. The van der Waals surface area contributed by atoms with Gasteiger partial charge in [0.15, 0.2) is 0 Å². The van der Waals surface area contributed by atoms with E-state index in [1.807, 2.05) is 46.2 Å². The van der Waals surface area contributed by atoms with Crippen LogP contribution < -0.4 is 0 Å². The fourth-order valence-corrected chi connectivity index (χ4v) is 3.54. The lowest BCUT2D eigenvalue weighted by Crippen LogP contribution is -2.44. The molecule has 1 amide bonds. The van der Waals surface area contributed by atoms with Crippen LogP contribution in [-0.4, -0.2) is 42.8 Å². The van der Waals surface area contributed by atoms with Gasteiger partial charge in [-0.25, -0.2) is 4.52 Å². The van der Waals surface area contributed by atoms with Crippen molar-refractivity contribution in [2.45, 2.75) is 38.3 Å². The van der Waals surface area contributed by atoms with Gasteiger partial charge >= 0.3 is 0 Å². The minimum Gasteiger partial charge on any atom is -0.335 e. The van der Waals surface area contributed by atoms with Gasteiger partial charge in [-0.3, -0.25) is 9.48 Å². The van der Waals surface area contributed by atoms with Gasteiger partial charge in [-0.05, 0) is 43.9 Å². The zero-order valence-electron chi connectivity index (χ0n) is 13.6. The average Bonchev–Trinajstić information content (AvgIpc) is 3.29. The van der Waals surface area contributed by atoms with E-state index in [-0.39, 0.29) is 11.9 Å². The molecule has 0 spiro atoms. The molecule has 1 fully saturated rings.